The number of esters is 1. The topological polar surface area (TPSA) is 46.5 Å². The lowest BCUT2D eigenvalue weighted by atomic mass is 10.1. The van der Waals surface area contributed by atoms with E-state index in [1.165, 1.54) is 0 Å². The van der Waals surface area contributed by atoms with E-state index in [4.69, 9.17) is 5.11 Å². The SMILES string of the molecule is COC(=O)CC(O)C(C)(F)F. The lowest BCUT2D eigenvalue weighted by Gasteiger charge is -2.16. The van der Waals surface area contributed by atoms with Crippen molar-refractivity contribution in [2.75, 3.05) is 7.11 Å². The molecule has 0 aliphatic heterocycles. The second kappa shape index (κ2) is 3.61. The molecule has 0 heterocycles. The van der Waals surface area contributed by atoms with Gasteiger partial charge in [-0.15, -0.1) is 0 Å². The second-order valence-corrected chi connectivity index (χ2v) is 2.25. The average molecular weight is 168 g/mol. The first kappa shape index (κ1) is 10.3. The van der Waals surface area contributed by atoms with E-state index in [1.807, 2.05) is 0 Å². The highest BCUT2D eigenvalue weighted by molar-refractivity contribution is 5.69. The fourth-order valence-electron chi connectivity index (χ4n) is 0.420. The number of hydrogen-bond donors (Lipinski definition) is 1. The Labute approximate surface area is 63.0 Å². The molecule has 0 spiro atoms. The van der Waals surface area contributed by atoms with Gasteiger partial charge in [-0.25, -0.2) is 8.78 Å². The summed E-state index contributed by atoms with van der Waals surface area (Å²) in [5, 5.41) is 8.64. The van der Waals surface area contributed by atoms with E-state index in [0.29, 0.717) is 6.92 Å². The van der Waals surface area contributed by atoms with Crippen LogP contribution in [0.5, 0.6) is 0 Å². The molecule has 0 bridgehead atoms. The van der Waals surface area contributed by atoms with Gasteiger partial charge in [0, 0.05) is 6.92 Å². The number of halogens is 2. The quantitative estimate of drug-likeness (QED) is 0.626. The molecule has 3 nitrogen and oxygen atoms in total. The van der Waals surface area contributed by atoms with E-state index in [9.17, 15) is 13.6 Å². The third-order valence-electron chi connectivity index (χ3n) is 1.17. The molecule has 0 aromatic carbocycles. The van der Waals surface area contributed by atoms with Crippen LogP contribution < -0.4 is 0 Å². The lowest BCUT2D eigenvalue weighted by Crippen LogP contribution is -2.32. The summed E-state index contributed by atoms with van der Waals surface area (Å²) in [6.07, 6.45) is -2.64. The van der Waals surface area contributed by atoms with E-state index in [-0.39, 0.29) is 0 Å². The first-order valence-electron chi connectivity index (χ1n) is 3.00. The van der Waals surface area contributed by atoms with Crippen molar-refractivity contribution in [1.29, 1.82) is 0 Å². The predicted octanol–water partition coefficient (Wildman–Crippen LogP) is 0.566. The summed E-state index contributed by atoms with van der Waals surface area (Å²) < 4.78 is 28.4. The van der Waals surface area contributed by atoms with Gasteiger partial charge >= 0.3 is 5.97 Å². The minimum absolute atomic E-state index is 0.542. The van der Waals surface area contributed by atoms with Crippen LogP contribution in [0.4, 0.5) is 8.78 Å². The molecule has 0 aliphatic rings. The Bertz CT molecular complexity index is 141. The van der Waals surface area contributed by atoms with Crippen LogP contribution >= 0.6 is 0 Å². The standard InChI is InChI=1S/C6H10F2O3/c1-6(7,8)4(9)3-5(10)11-2/h4,9H,3H2,1-2H3. The molecule has 0 aromatic rings. The highest BCUT2D eigenvalue weighted by Crippen LogP contribution is 2.19. The van der Waals surface area contributed by atoms with E-state index in [1.54, 1.807) is 0 Å². The van der Waals surface area contributed by atoms with Crippen molar-refractivity contribution in [3.05, 3.63) is 0 Å². The monoisotopic (exact) mass is 168 g/mol. The molecule has 5 heteroatoms. The Morgan fingerprint density at radius 2 is 2.18 bits per heavy atom. The van der Waals surface area contributed by atoms with Crippen LogP contribution in [0.25, 0.3) is 0 Å². The number of carbonyl (C=O) groups excluding carboxylic acids is 1. The van der Waals surface area contributed by atoms with Crippen LogP contribution in [-0.4, -0.2) is 30.2 Å². The highest BCUT2D eigenvalue weighted by atomic mass is 19.3. The highest BCUT2D eigenvalue weighted by Gasteiger charge is 2.34. The fourth-order valence-corrected chi connectivity index (χ4v) is 0.420. The first-order chi connectivity index (χ1) is 4.88. The summed E-state index contributed by atoms with van der Waals surface area (Å²) in [5.74, 6) is -4.10. The maximum absolute atomic E-state index is 12.2. The Balaban J connectivity index is 3.87. The van der Waals surface area contributed by atoms with Crippen LogP contribution in [0.1, 0.15) is 13.3 Å². The second-order valence-electron chi connectivity index (χ2n) is 2.25. The van der Waals surface area contributed by atoms with Gasteiger partial charge in [0.25, 0.3) is 5.92 Å². The number of aliphatic hydroxyl groups excluding tert-OH is 1. The molecule has 1 unspecified atom stereocenters. The predicted molar refractivity (Wildman–Crippen MR) is 33.3 cm³/mol. The maximum Gasteiger partial charge on any atom is 0.308 e. The lowest BCUT2D eigenvalue weighted by molar-refractivity contribution is -0.151. The van der Waals surface area contributed by atoms with Gasteiger partial charge in [0.15, 0.2) is 0 Å². The number of hydrogen-bond acceptors (Lipinski definition) is 3. The van der Waals surface area contributed by atoms with Crippen molar-refractivity contribution in [3.63, 3.8) is 0 Å². The van der Waals surface area contributed by atoms with E-state index < -0.39 is 24.4 Å². The third-order valence-corrected chi connectivity index (χ3v) is 1.17. The summed E-state index contributed by atoms with van der Waals surface area (Å²) in [4.78, 5) is 10.4. The summed E-state index contributed by atoms with van der Waals surface area (Å²) in [6, 6.07) is 0. The van der Waals surface area contributed by atoms with Gasteiger partial charge < -0.3 is 9.84 Å². The van der Waals surface area contributed by atoms with Crippen LogP contribution in [0, 0.1) is 0 Å². The molecule has 66 valence electrons. The first-order valence-corrected chi connectivity index (χ1v) is 3.00. The number of methoxy groups -OCH3 is 1. The van der Waals surface area contributed by atoms with Crippen molar-refractivity contribution in [2.45, 2.75) is 25.4 Å². The molecule has 0 saturated heterocycles. The van der Waals surface area contributed by atoms with Gasteiger partial charge in [0.05, 0.1) is 13.5 Å². The van der Waals surface area contributed by atoms with Crippen molar-refractivity contribution in [2.24, 2.45) is 0 Å². The Kier molecular flexibility index (Phi) is 3.38. The third kappa shape index (κ3) is 3.87. The van der Waals surface area contributed by atoms with Gasteiger partial charge in [-0.3, -0.25) is 4.79 Å². The molecule has 0 amide bonds. The van der Waals surface area contributed by atoms with Crippen LogP contribution in [0.2, 0.25) is 0 Å². The molecule has 0 radical (unpaired) electrons. The zero-order chi connectivity index (χ0) is 9.07. The van der Waals surface area contributed by atoms with Crippen molar-refractivity contribution in [1.82, 2.24) is 0 Å². The fraction of sp³-hybridized carbons (Fsp3) is 0.833. The maximum atomic E-state index is 12.2. The van der Waals surface area contributed by atoms with Gasteiger partial charge in [0.1, 0.15) is 6.10 Å². The Hall–Kier alpha value is -0.710. The average Bonchev–Trinajstić information content (AvgIpc) is 1.85. The van der Waals surface area contributed by atoms with Crippen molar-refractivity contribution >= 4 is 5.97 Å². The normalized spacial score (nSPS) is 14.3. The van der Waals surface area contributed by atoms with Crippen LogP contribution in [-0.2, 0) is 9.53 Å². The number of rotatable bonds is 3. The largest absolute Gasteiger partial charge is 0.469 e. The van der Waals surface area contributed by atoms with Crippen LogP contribution in [0.3, 0.4) is 0 Å². The van der Waals surface area contributed by atoms with E-state index >= 15 is 0 Å². The Morgan fingerprint density at radius 3 is 2.45 bits per heavy atom. The molecular formula is C6H10F2O3. The number of alkyl halides is 2. The van der Waals surface area contributed by atoms with Crippen molar-refractivity contribution < 1.29 is 23.4 Å². The van der Waals surface area contributed by atoms with Gasteiger partial charge in [0.2, 0.25) is 0 Å². The minimum Gasteiger partial charge on any atom is -0.469 e. The number of carbonyl (C=O) groups is 1. The summed E-state index contributed by atoms with van der Waals surface area (Å²) >= 11 is 0. The van der Waals surface area contributed by atoms with E-state index in [2.05, 4.69) is 4.74 Å². The molecule has 0 rings (SSSR count). The zero-order valence-electron chi connectivity index (χ0n) is 6.30. The summed E-state index contributed by atoms with van der Waals surface area (Å²) in [6.45, 7) is 0.542. The minimum atomic E-state index is -3.26. The molecule has 0 fully saturated rings. The van der Waals surface area contributed by atoms with Crippen molar-refractivity contribution in [3.8, 4) is 0 Å². The molecule has 0 aromatic heterocycles. The van der Waals surface area contributed by atoms with Gasteiger partial charge in [-0.1, -0.05) is 0 Å². The Morgan fingerprint density at radius 1 is 1.73 bits per heavy atom. The summed E-state index contributed by atoms with van der Waals surface area (Å²) in [7, 11) is 1.07. The van der Waals surface area contributed by atoms with Gasteiger partial charge in [-0.05, 0) is 0 Å². The number of aliphatic hydroxyl groups is 1. The molecular weight excluding hydrogens is 158 g/mol. The smallest absolute Gasteiger partial charge is 0.308 e. The molecule has 0 saturated carbocycles. The van der Waals surface area contributed by atoms with Crippen LogP contribution in [0.15, 0.2) is 0 Å². The molecule has 1 N–H and O–H groups in total. The zero-order valence-corrected chi connectivity index (χ0v) is 6.30. The molecule has 0 aliphatic carbocycles. The van der Waals surface area contributed by atoms with Gasteiger partial charge in [-0.2, -0.15) is 0 Å². The number of ether oxygens (including phenoxy) is 1. The van der Waals surface area contributed by atoms with E-state index in [0.717, 1.165) is 7.11 Å². The molecule has 1 atom stereocenters. The molecule has 11 heavy (non-hydrogen) atoms. The summed E-state index contributed by atoms with van der Waals surface area (Å²) in [5.41, 5.74) is 0.